The van der Waals surface area contributed by atoms with Gasteiger partial charge < -0.3 is 0 Å². The highest BCUT2D eigenvalue weighted by molar-refractivity contribution is 9.09. The minimum Gasteiger partial charge on any atom is -0.265 e. The van der Waals surface area contributed by atoms with Crippen LogP contribution in [0, 0.1) is 0 Å². The molecule has 0 radical (unpaired) electrons. The maximum Gasteiger partial charge on any atom is 0.148 e. The number of hydrogen-bond acceptors (Lipinski definition) is 3. The zero-order valence-corrected chi connectivity index (χ0v) is 10.3. The van der Waals surface area contributed by atoms with Crippen LogP contribution in [0.3, 0.4) is 0 Å². The third-order valence-electron chi connectivity index (χ3n) is 1.69. The number of aromatic nitrogens is 1. The lowest BCUT2D eigenvalue weighted by Crippen LogP contribution is -2.16. The number of nitrogens with zero attached hydrogens (tertiary/aromatic N) is 1. The van der Waals surface area contributed by atoms with Crippen LogP contribution in [0.2, 0.25) is 0 Å². The Bertz CT molecular complexity index is 377. The molecule has 1 rings (SSSR count). The highest BCUT2D eigenvalue weighted by atomic mass is 79.9. The summed E-state index contributed by atoms with van der Waals surface area (Å²) in [6, 6.07) is 3.77. The van der Waals surface area contributed by atoms with Gasteiger partial charge in [-0.3, -0.25) is 4.98 Å². The van der Waals surface area contributed by atoms with Crippen LogP contribution in [0.5, 0.6) is 0 Å². The lowest BCUT2D eigenvalue weighted by Gasteiger charge is -2.07. The third-order valence-corrected chi connectivity index (χ3v) is 3.77. The van der Waals surface area contributed by atoms with Crippen molar-refractivity contribution in [3.63, 3.8) is 0 Å². The Kier molecular flexibility index (Phi) is 4.07. The summed E-state index contributed by atoms with van der Waals surface area (Å²) in [6.45, 7) is 0. The summed E-state index contributed by atoms with van der Waals surface area (Å²) in [5.74, 6) is 0.162. The zero-order valence-electron chi connectivity index (χ0n) is 7.85. The third kappa shape index (κ3) is 4.72. The zero-order chi connectivity index (χ0) is 10.6. The van der Waals surface area contributed by atoms with Gasteiger partial charge in [-0.25, -0.2) is 8.42 Å². The van der Waals surface area contributed by atoms with Gasteiger partial charge in [0.05, 0.1) is 5.75 Å². The second-order valence-corrected chi connectivity index (χ2v) is 6.73. The molecule has 1 aromatic rings. The van der Waals surface area contributed by atoms with Gasteiger partial charge in [0.1, 0.15) is 9.84 Å². The summed E-state index contributed by atoms with van der Waals surface area (Å²) < 4.78 is 22.0. The van der Waals surface area contributed by atoms with Crippen molar-refractivity contribution in [1.29, 1.82) is 0 Å². The molecule has 78 valence electrons. The molecule has 0 amide bonds. The molecule has 0 aliphatic heterocycles. The number of pyridine rings is 1. The van der Waals surface area contributed by atoms with Gasteiger partial charge in [0, 0.05) is 23.5 Å². The van der Waals surface area contributed by atoms with Gasteiger partial charge in [-0.1, -0.05) is 15.9 Å². The van der Waals surface area contributed by atoms with Crippen LogP contribution < -0.4 is 0 Å². The molecule has 14 heavy (non-hydrogen) atoms. The van der Waals surface area contributed by atoms with Crippen LogP contribution in [0.25, 0.3) is 0 Å². The SMILES string of the molecule is CS(=O)(=O)CC(Br)Cc1ccncc1. The van der Waals surface area contributed by atoms with Gasteiger partial charge in [-0.05, 0) is 24.1 Å². The molecule has 0 fully saturated rings. The smallest absolute Gasteiger partial charge is 0.148 e. The van der Waals surface area contributed by atoms with Crippen molar-refractivity contribution in [2.24, 2.45) is 0 Å². The molecule has 0 saturated heterocycles. The first-order valence-corrected chi connectivity index (χ1v) is 7.16. The van der Waals surface area contributed by atoms with Crippen molar-refractivity contribution in [3.05, 3.63) is 30.1 Å². The molecular formula is C9H12BrNO2S. The fourth-order valence-corrected chi connectivity index (χ4v) is 3.75. The predicted molar refractivity (Wildman–Crippen MR) is 60.4 cm³/mol. The van der Waals surface area contributed by atoms with Crippen LogP contribution >= 0.6 is 15.9 Å². The van der Waals surface area contributed by atoms with Crippen LogP contribution in [0.4, 0.5) is 0 Å². The number of alkyl halides is 1. The monoisotopic (exact) mass is 277 g/mol. The second kappa shape index (κ2) is 4.89. The van der Waals surface area contributed by atoms with E-state index in [-0.39, 0.29) is 10.6 Å². The molecule has 0 bridgehead atoms. The minimum absolute atomic E-state index is 0.0279. The van der Waals surface area contributed by atoms with Crippen LogP contribution in [-0.4, -0.2) is 30.2 Å². The first kappa shape index (κ1) is 11.7. The highest BCUT2D eigenvalue weighted by Gasteiger charge is 2.12. The molecule has 1 atom stereocenters. The Hall–Kier alpha value is -0.420. The van der Waals surface area contributed by atoms with E-state index in [1.165, 1.54) is 6.26 Å². The van der Waals surface area contributed by atoms with Crippen molar-refractivity contribution in [3.8, 4) is 0 Å². The minimum atomic E-state index is -2.91. The lowest BCUT2D eigenvalue weighted by atomic mass is 10.2. The van der Waals surface area contributed by atoms with Crippen LogP contribution in [-0.2, 0) is 16.3 Å². The average Bonchev–Trinajstić information content (AvgIpc) is 2.02. The fourth-order valence-electron chi connectivity index (χ4n) is 1.16. The van der Waals surface area contributed by atoms with Crippen LogP contribution in [0.1, 0.15) is 5.56 Å². The summed E-state index contributed by atoms with van der Waals surface area (Å²) in [6.07, 6.45) is 5.36. The molecule has 0 aromatic carbocycles. The Morgan fingerprint density at radius 1 is 1.43 bits per heavy atom. The Balaban J connectivity index is 2.54. The van der Waals surface area contributed by atoms with Crippen molar-refractivity contribution in [2.45, 2.75) is 11.2 Å². The van der Waals surface area contributed by atoms with Gasteiger partial charge in [-0.2, -0.15) is 0 Å². The van der Waals surface area contributed by atoms with E-state index in [9.17, 15) is 8.42 Å². The van der Waals surface area contributed by atoms with Crippen molar-refractivity contribution in [2.75, 3.05) is 12.0 Å². The first-order chi connectivity index (χ1) is 6.47. The van der Waals surface area contributed by atoms with Gasteiger partial charge in [0.25, 0.3) is 0 Å². The molecule has 1 aromatic heterocycles. The van der Waals surface area contributed by atoms with Gasteiger partial charge in [0.15, 0.2) is 0 Å². The normalized spacial score (nSPS) is 13.9. The molecule has 1 unspecified atom stereocenters. The molecule has 1 heterocycles. The van der Waals surface area contributed by atoms with Gasteiger partial charge in [0.2, 0.25) is 0 Å². The van der Waals surface area contributed by atoms with E-state index in [0.29, 0.717) is 6.42 Å². The van der Waals surface area contributed by atoms with E-state index >= 15 is 0 Å². The lowest BCUT2D eigenvalue weighted by molar-refractivity contribution is 0.600. The summed E-state index contributed by atoms with van der Waals surface area (Å²) in [5.41, 5.74) is 1.09. The van der Waals surface area contributed by atoms with Crippen molar-refractivity contribution >= 4 is 25.8 Å². The van der Waals surface area contributed by atoms with E-state index < -0.39 is 9.84 Å². The number of hydrogen-bond donors (Lipinski definition) is 0. The molecule has 0 N–H and O–H groups in total. The van der Waals surface area contributed by atoms with E-state index in [2.05, 4.69) is 20.9 Å². The van der Waals surface area contributed by atoms with Gasteiger partial charge >= 0.3 is 0 Å². The fraction of sp³-hybridized carbons (Fsp3) is 0.444. The Morgan fingerprint density at radius 2 is 2.00 bits per heavy atom. The Morgan fingerprint density at radius 3 is 2.50 bits per heavy atom. The van der Waals surface area contributed by atoms with E-state index in [1.54, 1.807) is 12.4 Å². The standard InChI is InChI=1S/C9H12BrNO2S/c1-14(12,13)7-9(10)6-8-2-4-11-5-3-8/h2-5,9H,6-7H2,1H3. The highest BCUT2D eigenvalue weighted by Crippen LogP contribution is 2.10. The number of halogens is 1. The van der Waals surface area contributed by atoms with E-state index in [1.807, 2.05) is 12.1 Å². The van der Waals surface area contributed by atoms with E-state index in [4.69, 9.17) is 0 Å². The Labute approximate surface area is 92.6 Å². The maximum absolute atomic E-state index is 11.0. The summed E-state index contributed by atoms with van der Waals surface area (Å²) in [5, 5.41) is 0. The summed E-state index contributed by atoms with van der Waals surface area (Å²) in [7, 11) is -2.91. The van der Waals surface area contributed by atoms with Gasteiger partial charge in [-0.15, -0.1) is 0 Å². The second-order valence-electron chi connectivity index (χ2n) is 3.25. The molecule has 0 aliphatic carbocycles. The first-order valence-electron chi connectivity index (χ1n) is 4.18. The largest absolute Gasteiger partial charge is 0.265 e. The maximum atomic E-state index is 11.0. The molecule has 0 saturated carbocycles. The van der Waals surface area contributed by atoms with Crippen LogP contribution in [0.15, 0.2) is 24.5 Å². The predicted octanol–water partition coefficient (Wildman–Crippen LogP) is 1.43. The summed E-state index contributed by atoms with van der Waals surface area (Å²) in [4.78, 5) is 3.87. The average molecular weight is 278 g/mol. The van der Waals surface area contributed by atoms with Crippen molar-refractivity contribution in [1.82, 2.24) is 4.98 Å². The molecule has 0 spiro atoms. The van der Waals surface area contributed by atoms with Crippen molar-refractivity contribution < 1.29 is 8.42 Å². The molecular weight excluding hydrogens is 266 g/mol. The van der Waals surface area contributed by atoms with E-state index in [0.717, 1.165) is 5.56 Å². The molecule has 0 aliphatic rings. The quantitative estimate of drug-likeness (QED) is 0.783. The number of sulfone groups is 1. The topological polar surface area (TPSA) is 47.0 Å². The summed E-state index contributed by atoms with van der Waals surface area (Å²) >= 11 is 3.35. The molecule has 5 heteroatoms. The number of rotatable bonds is 4. The molecule has 3 nitrogen and oxygen atoms in total.